The van der Waals surface area contributed by atoms with Crippen molar-refractivity contribution in [1.82, 2.24) is 5.32 Å². The molecular weight excluding hydrogens is 250 g/mol. The first-order chi connectivity index (χ1) is 8.60. The summed E-state index contributed by atoms with van der Waals surface area (Å²) in [6.07, 6.45) is 2.91. The predicted octanol–water partition coefficient (Wildman–Crippen LogP) is 2.61. The third-order valence-electron chi connectivity index (χ3n) is 2.83. The summed E-state index contributed by atoms with van der Waals surface area (Å²) < 4.78 is 0. The molecule has 5 nitrogen and oxygen atoms in total. The third-order valence-corrected chi connectivity index (χ3v) is 3.05. The largest absolute Gasteiger partial charge is 0.360 e. The molecule has 6 heteroatoms. The number of nitrogens with zero attached hydrogens (tertiary/aromatic N) is 1. The maximum absolute atomic E-state index is 10.9. The molecule has 1 aliphatic carbocycles. The SMILES string of the molecule is CCc1ccc(NC(=S)NC2CC2)cc1[N+](=O)[O-]. The summed E-state index contributed by atoms with van der Waals surface area (Å²) in [4.78, 5) is 10.6. The van der Waals surface area contributed by atoms with E-state index in [4.69, 9.17) is 12.2 Å². The molecule has 96 valence electrons. The number of rotatable bonds is 4. The number of nitro benzene ring substituents is 1. The average Bonchev–Trinajstić information content (AvgIpc) is 3.12. The van der Waals surface area contributed by atoms with Gasteiger partial charge in [0.15, 0.2) is 5.11 Å². The van der Waals surface area contributed by atoms with Gasteiger partial charge in [0.25, 0.3) is 5.69 Å². The van der Waals surface area contributed by atoms with Crippen molar-refractivity contribution in [3.63, 3.8) is 0 Å². The summed E-state index contributed by atoms with van der Waals surface area (Å²) in [5.74, 6) is 0. The zero-order chi connectivity index (χ0) is 13.1. The van der Waals surface area contributed by atoms with E-state index in [2.05, 4.69) is 10.6 Å². The summed E-state index contributed by atoms with van der Waals surface area (Å²) in [5, 5.41) is 17.6. The summed E-state index contributed by atoms with van der Waals surface area (Å²) in [7, 11) is 0. The fourth-order valence-electron chi connectivity index (χ4n) is 1.69. The van der Waals surface area contributed by atoms with Crippen LogP contribution in [0.4, 0.5) is 11.4 Å². The van der Waals surface area contributed by atoms with Gasteiger partial charge in [-0.05, 0) is 37.5 Å². The Morgan fingerprint density at radius 2 is 2.28 bits per heavy atom. The van der Waals surface area contributed by atoms with Crippen LogP contribution < -0.4 is 10.6 Å². The van der Waals surface area contributed by atoms with Gasteiger partial charge in [-0.25, -0.2) is 0 Å². The lowest BCUT2D eigenvalue weighted by Gasteiger charge is -2.10. The Morgan fingerprint density at radius 1 is 1.56 bits per heavy atom. The van der Waals surface area contributed by atoms with Gasteiger partial charge in [-0.1, -0.05) is 13.0 Å². The Hall–Kier alpha value is -1.69. The minimum Gasteiger partial charge on any atom is -0.360 e. The molecule has 0 spiro atoms. The van der Waals surface area contributed by atoms with E-state index in [0.29, 0.717) is 23.3 Å². The van der Waals surface area contributed by atoms with E-state index in [9.17, 15) is 10.1 Å². The number of hydrogen-bond acceptors (Lipinski definition) is 3. The van der Waals surface area contributed by atoms with Gasteiger partial charge in [-0.2, -0.15) is 0 Å². The first-order valence-electron chi connectivity index (χ1n) is 5.95. The Labute approximate surface area is 111 Å². The Balaban J connectivity index is 2.10. The molecule has 2 rings (SSSR count). The second-order valence-corrected chi connectivity index (χ2v) is 4.74. The highest BCUT2D eigenvalue weighted by atomic mass is 32.1. The maximum Gasteiger partial charge on any atom is 0.274 e. The monoisotopic (exact) mass is 265 g/mol. The van der Waals surface area contributed by atoms with Crippen LogP contribution in [0.15, 0.2) is 18.2 Å². The molecule has 1 fully saturated rings. The molecule has 1 aromatic carbocycles. The summed E-state index contributed by atoms with van der Waals surface area (Å²) >= 11 is 5.13. The van der Waals surface area contributed by atoms with Gasteiger partial charge in [0, 0.05) is 23.4 Å². The van der Waals surface area contributed by atoms with Crippen molar-refractivity contribution in [3.8, 4) is 0 Å². The van der Waals surface area contributed by atoms with Crippen LogP contribution in [-0.4, -0.2) is 16.1 Å². The predicted molar refractivity (Wildman–Crippen MR) is 74.9 cm³/mol. The smallest absolute Gasteiger partial charge is 0.274 e. The van der Waals surface area contributed by atoms with Gasteiger partial charge in [0.2, 0.25) is 0 Å². The fourth-order valence-corrected chi connectivity index (χ4v) is 1.98. The highest BCUT2D eigenvalue weighted by Crippen LogP contribution is 2.24. The fraction of sp³-hybridized carbons (Fsp3) is 0.417. The van der Waals surface area contributed by atoms with Crippen LogP contribution in [0.3, 0.4) is 0 Å². The zero-order valence-corrected chi connectivity index (χ0v) is 10.9. The first kappa shape index (κ1) is 12.8. The highest BCUT2D eigenvalue weighted by Gasteiger charge is 2.22. The van der Waals surface area contributed by atoms with Crippen molar-refractivity contribution >= 4 is 28.7 Å². The van der Waals surface area contributed by atoms with Crippen LogP contribution in [0.25, 0.3) is 0 Å². The van der Waals surface area contributed by atoms with Crippen LogP contribution in [0.1, 0.15) is 25.3 Å². The van der Waals surface area contributed by atoms with E-state index in [1.165, 1.54) is 6.07 Å². The molecule has 0 unspecified atom stereocenters. The number of thiocarbonyl (C=S) groups is 1. The first-order valence-corrected chi connectivity index (χ1v) is 6.35. The lowest BCUT2D eigenvalue weighted by atomic mass is 10.1. The van der Waals surface area contributed by atoms with Crippen LogP contribution in [0.5, 0.6) is 0 Å². The van der Waals surface area contributed by atoms with Crippen molar-refractivity contribution in [1.29, 1.82) is 0 Å². The van der Waals surface area contributed by atoms with E-state index >= 15 is 0 Å². The van der Waals surface area contributed by atoms with Crippen molar-refractivity contribution in [2.45, 2.75) is 32.2 Å². The molecular formula is C12H15N3O2S. The van der Waals surface area contributed by atoms with Crippen molar-refractivity contribution in [2.24, 2.45) is 0 Å². The normalized spacial score (nSPS) is 14.1. The topological polar surface area (TPSA) is 67.2 Å². The molecule has 0 aromatic heterocycles. The second kappa shape index (κ2) is 5.30. The molecule has 0 heterocycles. The van der Waals surface area contributed by atoms with E-state index in [1.807, 2.05) is 13.0 Å². The Morgan fingerprint density at radius 3 is 2.83 bits per heavy atom. The minimum absolute atomic E-state index is 0.136. The molecule has 0 aliphatic heterocycles. The number of nitro groups is 1. The lowest BCUT2D eigenvalue weighted by Crippen LogP contribution is -2.30. The van der Waals surface area contributed by atoms with E-state index < -0.39 is 0 Å². The molecule has 0 bridgehead atoms. The van der Waals surface area contributed by atoms with Crippen LogP contribution in [0.2, 0.25) is 0 Å². The van der Waals surface area contributed by atoms with E-state index in [-0.39, 0.29) is 10.6 Å². The molecule has 1 aromatic rings. The highest BCUT2D eigenvalue weighted by molar-refractivity contribution is 7.80. The maximum atomic E-state index is 10.9. The number of benzene rings is 1. The second-order valence-electron chi connectivity index (χ2n) is 4.33. The quantitative estimate of drug-likeness (QED) is 0.497. The van der Waals surface area contributed by atoms with Gasteiger partial charge in [0.05, 0.1) is 4.92 Å². The molecule has 18 heavy (non-hydrogen) atoms. The van der Waals surface area contributed by atoms with Gasteiger partial charge < -0.3 is 10.6 Å². The molecule has 0 saturated heterocycles. The number of nitrogens with one attached hydrogen (secondary N) is 2. The van der Waals surface area contributed by atoms with Crippen molar-refractivity contribution in [3.05, 3.63) is 33.9 Å². The minimum atomic E-state index is -0.360. The number of aryl methyl sites for hydroxylation is 1. The van der Waals surface area contributed by atoms with E-state index in [0.717, 1.165) is 18.4 Å². The standard InChI is InChI=1S/C12H15N3O2S/c1-2-8-3-4-10(7-11(8)15(16)17)14-12(18)13-9-5-6-9/h3-4,7,9H,2,5-6H2,1H3,(H2,13,14,18). The summed E-state index contributed by atoms with van der Waals surface area (Å²) in [5.41, 5.74) is 1.51. The molecule has 0 amide bonds. The van der Waals surface area contributed by atoms with Crippen LogP contribution in [-0.2, 0) is 6.42 Å². The average molecular weight is 265 g/mol. The number of anilines is 1. The van der Waals surface area contributed by atoms with Crippen LogP contribution >= 0.6 is 12.2 Å². The molecule has 2 N–H and O–H groups in total. The van der Waals surface area contributed by atoms with Gasteiger partial charge in [-0.15, -0.1) is 0 Å². The molecule has 0 radical (unpaired) electrons. The zero-order valence-electron chi connectivity index (χ0n) is 10.1. The van der Waals surface area contributed by atoms with E-state index in [1.54, 1.807) is 6.07 Å². The lowest BCUT2D eigenvalue weighted by molar-refractivity contribution is -0.385. The van der Waals surface area contributed by atoms with Gasteiger partial charge in [-0.3, -0.25) is 10.1 Å². The van der Waals surface area contributed by atoms with Crippen molar-refractivity contribution in [2.75, 3.05) is 5.32 Å². The van der Waals surface area contributed by atoms with Gasteiger partial charge >= 0.3 is 0 Å². The Bertz CT molecular complexity index is 486. The molecule has 1 aliphatic rings. The summed E-state index contributed by atoms with van der Waals surface area (Å²) in [6, 6.07) is 5.57. The number of hydrogen-bond donors (Lipinski definition) is 2. The van der Waals surface area contributed by atoms with Crippen LogP contribution in [0, 0.1) is 10.1 Å². The Kier molecular flexibility index (Phi) is 3.76. The summed E-state index contributed by atoms with van der Waals surface area (Å²) in [6.45, 7) is 1.90. The molecule has 1 saturated carbocycles. The molecule has 0 atom stereocenters. The van der Waals surface area contributed by atoms with Gasteiger partial charge in [0.1, 0.15) is 0 Å². The third kappa shape index (κ3) is 3.16. The van der Waals surface area contributed by atoms with Crippen molar-refractivity contribution < 1.29 is 4.92 Å².